The summed E-state index contributed by atoms with van der Waals surface area (Å²) in [5.74, 6) is -1.42. The minimum atomic E-state index is -1.05. The zero-order valence-electron chi connectivity index (χ0n) is 27.9. The predicted octanol–water partition coefficient (Wildman–Crippen LogP) is 8.64. The van der Waals surface area contributed by atoms with Crippen molar-refractivity contribution >= 4 is 72.0 Å². The number of aryl methyl sites for hydroxylation is 1. The minimum absolute atomic E-state index is 0.124. The number of pyridine rings is 1. The number of hydrogen-bond acceptors (Lipinski definition) is 7. The summed E-state index contributed by atoms with van der Waals surface area (Å²) in [5, 5.41) is 0.603. The normalized spacial score (nSPS) is 20.6. The van der Waals surface area contributed by atoms with Gasteiger partial charge >= 0.3 is 5.97 Å². The third kappa shape index (κ3) is 6.99. The molecule has 5 unspecified atom stereocenters. The summed E-state index contributed by atoms with van der Waals surface area (Å²) < 4.78 is 11.6. The van der Waals surface area contributed by atoms with E-state index in [0.29, 0.717) is 58.6 Å². The number of nitrogens with zero attached hydrogens (tertiary/aromatic N) is 2. The molecule has 5 aromatic rings. The average Bonchev–Trinajstić information content (AvgIpc) is 3.38. The van der Waals surface area contributed by atoms with Gasteiger partial charge in [0.05, 0.1) is 34.3 Å². The van der Waals surface area contributed by atoms with Crippen molar-refractivity contribution in [1.29, 1.82) is 0 Å². The second-order valence-electron chi connectivity index (χ2n) is 13.0. The highest BCUT2D eigenvalue weighted by Crippen LogP contribution is 2.44. The molecule has 0 bridgehead atoms. The number of aromatic nitrogens is 1. The number of carbonyl (C=O) groups excluding carboxylic acids is 4. The largest absolute Gasteiger partial charge is 0.489 e. The number of para-hydroxylation sites is 1. The van der Waals surface area contributed by atoms with E-state index in [0.717, 1.165) is 11.1 Å². The molecule has 7 rings (SSSR count). The molecule has 0 radical (unpaired) electrons. The van der Waals surface area contributed by atoms with E-state index >= 15 is 0 Å². The lowest BCUT2D eigenvalue weighted by Crippen LogP contribution is -2.34. The topological polar surface area (TPSA) is 103 Å². The third-order valence-electron chi connectivity index (χ3n) is 9.63. The SMILES string of the molecule is Cc1cccc2c(C(=O)OC(C)C(=O)c3ccc(OCc4ccccc4)cc3)cc(-c3ccc(N4C(=O)C5CC(Br)C(Br)CC5C4=O)cc3)nc12. The molecular weight excluding hydrogens is 776 g/mol. The molecule has 51 heavy (non-hydrogen) atoms. The number of ether oxygens (including phenoxy) is 2. The van der Waals surface area contributed by atoms with E-state index in [1.807, 2.05) is 49.4 Å². The number of imide groups is 1. The van der Waals surface area contributed by atoms with Crippen LogP contribution in [-0.4, -0.2) is 44.3 Å². The van der Waals surface area contributed by atoms with Crippen molar-refractivity contribution in [2.24, 2.45) is 11.8 Å². The lowest BCUT2D eigenvalue weighted by atomic mass is 9.81. The number of amides is 2. The summed E-state index contributed by atoms with van der Waals surface area (Å²) in [6.07, 6.45) is 0.141. The molecule has 1 aliphatic carbocycles. The molecule has 1 aromatic heterocycles. The smallest absolute Gasteiger partial charge is 0.339 e. The van der Waals surface area contributed by atoms with Gasteiger partial charge in [-0.2, -0.15) is 0 Å². The predicted molar refractivity (Wildman–Crippen MR) is 202 cm³/mol. The molecule has 10 heteroatoms. The van der Waals surface area contributed by atoms with Crippen molar-refractivity contribution in [3.8, 4) is 17.0 Å². The van der Waals surface area contributed by atoms with E-state index < -0.39 is 12.1 Å². The number of alkyl halides is 2. The fourth-order valence-electron chi connectivity index (χ4n) is 6.81. The summed E-state index contributed by atoms with van der Waals surface area (Å²) in [6, 6.07) is 30.8. The van der Waals surface area contributed by atoms with E-state index in [9.17, 15) is 19.2 Å². The number of rotatable bonds is 9. The number of carbonyl (C=O) groups is 4. The zero-order chi connectivity index (χ0) is 35.8. The molecule has 1 saturated heterocycles. The standard InChI is InChI=1S/C41H34Br2N2O6/c1-23-7-6-10-30-33(41(49)51-24(2)38(46)27-13-17-29(18-14-27)50-22-25-8-4-3-5-9-25)21-36(44-37(23)30)26-11-15-28(16-12-26)45-39(47)31-19-34(42)35(43)20-32(31)40(45)48/h3-18,21,24,31-32,34-35H,19-20,22H2,1-2H3. The van der Waals surface area contributed by atoms with Crippen LogP contribution in [-0.2, 0) is 20.9 Å². The molecular formula is C41H34Br2N2O6. The van der Waals surface area contributed by atoms with E-state index in [2.05, 4.69) is 31.9 Å². The molecule has 2 amide bonds. The molecule has 2 fully saturated rings. The van der Waals surface area contributed by atoms with Gasteiger partial charge in [-0.3, -0.25) is 19.3 Å². The van der Waals surface area contributed by atoms with Gasteiger partial charge in [-0.05, 0) is 80.3 Å². The maximum absolute atomic E-state index is 13.7. The van der Waals surface area contributed by atoms with Crippen LogP contribution in [0.2, 0.25) is 0 Å². The van der Waals surface area contributed by atoms with Crippen LogP contribution in [0.25, 0.3) is 22.2 Å². The van der Waals surface area contributed by atoms with Crippen LogP contribution in [0.5, 0.6) is 5.75 Å². The summed E-state index contributed by atoms with van der Waals surface area (Å²) in [6.45, 7) is 3.87. The fourth-order valence-corrected chi connectivity index (χ4v) is 8.05. The highest BCUT2D eigenvalue weighted by molar-refractivity contribution is 9.12. The molecule has 0 N–H and O–H groups in total. The highest BCUT2D eigenvalue weighted by Gasteiger charge is 2.52. The number of halogens is 2. The Labute approximate surface area is 312 Å². The molecule has 8 nitrogen and oxygen atoms in total. The number of fused-ring (bicyclic) bond motifs is 2. The first kappa shape index (κ1) is 34.8. The van der Waals surface area contributed by atoms with Crippen LogP contribution < -0.4 is 9.64 Å². The second kappa shape index (κ2) is 14.5. The molecule has 258 valence electrons. The molecule has 1 aliphatic heterocycles. The molecule has 2 aliphatic rings. The number of anilines is 1. The van der Waals surface area contributed by atoms with Crippen molar-refractivity contribution in [1.82, 2.24) is 4.98 Å². The van der Waals surface area contributed by atoms with Gasteiger partial charge in [0.25, 0.3) is 0 Å². The number of esters is 1. The van der Waals surface area contributed by atoms with Crippen LogP contribution in [0.3, 0.4) is 0 Å². The van der Waals surface area contributed by atoms with E-state index in [1.54, 1.807) is 67.6 Å². The first-order chi connectivity index (χ1) is 24.6. The molecule has 5 atom stereocenters. The van der Waals surface area contributed by atoms with Gasteiger partial charge in [0.15, 0.2) is 6.10 Å². The van der Waals surface area contributed by atoms with Crippen LogP contribution in [0.15, 0.2) is 103 Å². The van der Waals surface area contributed by atoms with Gasteiger partial charge in [0.1, 0.15) is 12.4 Å². The van der Waals surface area contributed by atoms with Crippen LogP contribution in [0.4, 0.5) is 5.69 Å². The number of ketones is 1. The summed E-state index contributed by atoms with van der Waals surface area (Å²) in [7, 11) is 0. The first-order valence-corrected chi connectivity index (χ1v) is 18.6. The quantitative estimate of drug-likeness (QED) is 0.0636. The van der Waals surface area contributed by atoms with Crippen molar-refractivity contribution in [2.75, 3.05) is 4.90 Å². The number of Topliss-reactive ketones (excluding diaryl/α,β-unsaturated/α-hetero) is 1. The Morgan fingerprint density at radius 3 is 2.14 bits per heavy atom. The highest BCUT2D eigenvalue weighted by atomic mass is 79.9. The van der Waals surface area contributed by atoms with Gasteiger partial charge in [0, 0.05) is 26.2 Å². The van der Waals surface area contributed by atoms with Gasteiger partial charge < -0.3 is 9.47 Å². The van der Waals surface area contributed by atoms with Gasteiger partial charge in [-0.15, -0.1) is 0 Å². The van der Waals surface area contributed by atoms with Crippen molar-refractivity contribution in [3.63, 3.8) is 0 Å². The molecule has 1 saturated carbocycles. The first-order valence-electron chi connectivity index (χ1n) is 16.8. The Hall–Kier alpha value is -4.67. The van der Waals surface area contributed by atoms with Crippen LogP contribution >= 0.6 is 31.9 Å². The van der Waals surface area contributed by atoms with Crippen LogP contribution in [0.1, 0.15) is 51.6 Å². The Morgan fingerprint density at radius 2 is 1.49 bits per heavy atom. The third-order valence-corrected chi connectivity index (χ3v) is 12.4. The molecule has 2 heterocycles. The van der Waals surface area contributed by atoms with Gasteiger partial charge in [-0.1, -0.05) is 92.5 Å². The Kier molecular flexibility index (Phi) is 9.90. The van der Waals surface area contributed by atoms with Crippen molar-refractivity contribution in [2.45, 2.75) is 49.1 Å². The van der Waals surface area contributed by atoms with Crippen molar-refractivity contribution < 1.29 is 28.7 Å². The molecule has 0 spiro atoms. The van der Waals surface area contributed by atoms with Gasteiger partial charge in [0.2, 0.25) is 17.6 Å². The lowest BCUT2D eigenvalue weighted by molar-refractivity contribution is -0.122. The second-order valence-corrected chi connectivity index (χ2v) is 15.4. The van der Waals surface area contributed by atoms with E-state index in [1.165, 1.54) is 4.90 Å². The average molecular weight is 811 g/mol. The molecule has 4 aromatic carbocycles. The van der Waals surface area contributed by atoms with E-state index in [4.69, 9.17) is 14.5 Å². The number of benzene rings is 4. The minimum Gasteiger partial charge on any atom is -0.489 e. The van der Waals surface area contributed by atoms with Gasteiger partial charge in [-0.25, -0.2) is 9.78 Å². The maximum Gasteiger partial charge on any atom is 0.339 e. The van der Waals surface area contributed by atoms with Crippen molar-refractivity contribution in [3.05, 3.63) is 125 Å². The monoisotopic (exact) mass is 808 g/mol. The fraction of sp³-hybridized carbons (Fsp3) is 0.244. The summed E-state index contributed by atoms with van der Waals surface area (Å²) >= 11 is 7.28. The van der Waals surface area contributed by atoms with Crippen LogP contribution in [0, 0.1) is 18.8 Å². The number of hydrogen-bond donors (Lipinski definition) is 0. The Bertz CT molecular complexity index is 2110. The summed E-state index contributed by atoms with van der Waals surface area (Å²) in [5.41, 5.74) is 4.89. The maximum atomic E-state index is 13.7. The van der Waals surface area contributed by atoms with E-state index in [-0.39, 0.29) is 44.7 Å². The lowest BCUT2D eigenvalue weighted by Gasteiger charge is -2.29. The Balaban J connectivity index is 1.09. The summed E-state index contributed by atoms with van der Waals surface area (Å²) in [4.78, 5) is 60.2. The Morgan fingerprint density at radius 1 is 0.843 bits per heavy atom. The zero-order valence-corrected chi connectivity index (χ0v) is 31.1.